The number of carbonyl (C=O) groups is 1. The summed E-state index contributed by atoms with van der Waals surface area (Å²) >= 11 is 0. The van der Waals surface area contributed by atoms with Gasteiger partial charge in [-0.05, 0) is 30.9 Å². The summed E-state index contributed by atoms with van der Waals surface area (Å²) in [7, 11) is -4.03. The number of sulfonamides is 1. The van der Waals surface area contributed by atoms with Crippen LogP contribution in [-0.4, -0.2) is 25.5 Å². The van der Waals surface area contributed by atoms with Gasteiger partial charge in [-0.3, -0.25) is 4.79 Å². The highest BCUT2D eigenvalue weighted by Gasteiger charge is 2.36. The van der Waals surface area contributed by atoms with Gasteiger partial charge in [0.2, 0.25) is 10.0 Å². The fourth-order valence-electron chi connectivity index (χ4n) is 1.92. The van der Waals surface area contributed by atoms with Crippen molar-refractivity contribution >= 4 is 16.0 Å². The second kappa shape index (κ2) is 5.26. The van der Waals surface area contributed by atoms with Gasteiger partial charge in [-0.2, -0.15) is 0 Å². The van der Waals surface area contributed by atoms with Crippen molar-refractivity contribution in [1.82, 2.24) is 4.72 Å². The highest BCUT2D eigenvalue weighted by atomic mass is 32.2. The lowest BCUT2D eigenvalue weighted by molar-refractivity contribution is -0.137. The zero-order chi connectivity index (χ0) is 14.0. The molecular formula is C12H14FNO4S. The first-order chi connectivity index (χ1) is 8.90. The summed E-state index contributed by atoms with van der Waals surface area (Å²) in [6.07, 6.45) is 1.29. The quantitative estimate of drug-likeness (QED) is 0.827. The molecule has 1 aromatic carbocycles. The molecule has 0 aromatic heterocycles. The molecule has 1 aliphatic rings. The molecule has 2 N–H and O–H groups in total. The van der Waals surface area contributed by atoms with Crippen LogP contribution in [0.1, 0.15) is 19.3 Å². The van der Waals surface area contributed by atoms with E-state index in [2.05, 4.69) is 4.72 Å². The number of hydrogen-bond acceptors (Lipinski definition) is 3. The van der Waals surface area contributed by atoms with Crippen LogP contribution in [0.3, 0.4) is 0 Å². The molecule has 2 rings (SSSR count). The monoisotopic (exact) mass is 287 g/mol. The molecule has 5 nitrogen and oxygen atoms in total. The number of nitrogens with one attached hydrogen (secondary N) is 1. The predicted octanol–water partition coefficient (Wildman–Crippen LogP) is 1.36. The van der Waals surface area contributed by atoms with Crippen LogP contribution < -0.4 is 4.72 Å². The predicted molar refractivity (Wildman–Crippen MR) is 65.5 cm³/mol. The number of aliphatic carboxylic acids is 1. The normalized spacial score (nSPS) is 17.1. The zero-order valence-corrected chi connectivity index (χ0v) is 10.9. The minimum absolute atomic E-state index is 0.0256. The van der Waals surface area contributed by atoms with Crippen molar-refractivity contribution < 1.29 is 22.7 Å². The molecule has 0 heterocycles. The molecule has 1 fully saturated rings. The fourth-order valence-corrected chi connectivity index (χ4v) is 3.30. The van der Waals surface area contributed by atoms with Crippen LogP contribution in [-0.2, 0) is 14.8 Å². The largest absolute Gasteiger partial charge is 0.481 e. The van der Waals surface area contributed by atoms with Crippen LogP contribution in [0.5, 0.6) is 0 Å². The average Bonchev–Trinajstić information content (AvgIpc) is 3.11. The van der Waals surface area contributed by atoms with E-state index in [9.17, 15) is 17.6 Å². The molecule has 1 aromatic rings. The number of halogens is 1. The number of benzene rings is 1. The molecule has 19 heavy (non-hydrogen) atoms. The lowest BCUT2D eigenvalue weighted by Gasteiger charge is -2.16. The van der Waals surface area contributed by atoms with Crippen LogP contribution in [0.4, 0.5) is 4.39 Å². The SMILES string of the molecule is O=C(O)CC(NS(=O)(=O)c1ccccc1F)C1CC1. The Bertz CT molecular complexity index is 583. The number of hydrogen-bond donors (Lipinski definition) is 2. The molecule has 1 atom stereocenters. The van der Waals surface area contributed by atoms with E-state index in [-0.39, 0.29) is 12.3 Å². The molecule has 1 aliphatic carbocycles. The van der Waals surface area contributed by atoms with Crippen molar-refractivity contribution in [3.8, 4) is 0 Å². The summed E-state index contributed by atoms with van der Waals surface area (Å²) in [5.41, 5.74) is 0. The molecule has 0 amide bonds. The maximum absolute atomic E-state index is 13.5. The van der Waals surface area contributed by atoms with Crippen molar-refractivity contribution in [3.05, 3.63) is 30.1 Å². The molecule has 7 heteroatoms. The maximum atomic E-state index is 13.5. The minimum Gasteiger partial charge on any atom is -0.481 e. The van der Waals surface area contributed by atoms with Crippen LogP contribution in [0.15, 0.2) is 29.2 Å². The van der Waals surface area contributed by atoms with E-state index in [0.29, 0.717) is 0 Å². The maximum Gasteiger partial charge on any atom is 0.304 e. The number of carboxylic acids is 1. The highest BCUT2D eigenvalue weighted by molar-refractivity contribution is 7.89. The van der Waals surface area contributed by atoms with E-state index in [1.165, 1.54) is 12.1 Å². The van der Waals surface area contributed by atoms with Crippen molar-refractivity contribution in [2.75, 3.05) is 0 Å². The third-order valence-corrected chi connectivity index (χ3v) is 4.54. The summed E-state index contributed by atoms with van der Waals surface area (Å²) < 4.78 is 39.8. The topological polar surface area (TPSA) is 83.5 Å². The van der Waals surface area contributed by atoms with Gasteiger partial charge in [-0.15, -0.1) is 0 Å². The first-order valence-corrected chi connectivity index (χ1v) is 7.37. The van der Waals surface area contributed by atoms with Crippen molar-refractivity contribution in [3.63, 3.8) is 0 Å². The van der Waals surface area contributed by atoms with Gasteiger partial charge in [0.1, 0.15) is 10.7 Å². The lowest BCUT2D eigenvalue weighted by Crippen LogP contribution is -2.38. The summed E-state index contributed by atoms with van der Waals surface area (Å²) in [5, 5.41) is 8.77. The Morgan fingerprint density at radius 3 is 2.58 bits per heavy atom. The summed E-state index contributed by atoms with van der Waals surface area (Å²) in [6.45, 7) is 0. The third kappa shape index (κ3) is 3.51. The molecule has 104 valence electrons. The first-order valence-electron chi connectivity index (χ1n) is 5.89. The second-order valence-electron chi connectivity index (χ2n) is 4.59. The Hall–Kier alpha value is -1.47. The third-order valence-electron chi connectivity index (χ3n) is 3.02. The molecular weight excluding hydrogens is 273 g/mol. The van der Waals surface area contributed by atoms with E-state index in [1.54, 1.807) is 0 Å². The first kappa shape index (κ1) is 14.0. The summed E-state index contributed by atoms with van der Waals surface area (Å²) in [4.78, 5) is 10.3. The van der Waals surface area contributed by atoms with Gasteiger partial charge in [-0.25, -0.2) is 17.5 Å². The molecule has 0 spiro atoms. The molecule has 1 saturated carbocycles. The molecule has 0 radical (unpaired) electrons. The van der Waals surface area contributed by atoms with E-state index in [0.717, 1.165) is 25.0 Å². The molecule has 0 saturated heterocycles. The standard InChI is InChI=1S/C12H14FNO4S/c13-9-3-1-2-4-11(9)19(17,18)14-10(7-12(15)16)8-5-6-8/h1-4,8,10,14H,5-7H2,(H,15,16). The molecule has 0 aliphatic heterocycles. The Kier molecular flexibility index (Phi) is 3.86. The van der Waals surface area contributed by atoms with Crippen LogP contribution in [0, 0.1) is 11.7 Å². The average molecular weight is 287 g/mol. The second-order valence-corrected chi connectivity index (χ2v) is 6.28. The Morgan fingerprint density at radius 2 is 2.05 bits per heavy atom. The van der Waals surface area contributed by atoms with Crippen LogP contribution in [0.25, 0.3) is 0 Å². The van der Waals surface area contributed by atoms with Crippen LogP contribution in [0.2, 0.25) is 0 Å². The minimum atomic E-state index is -4.03. The number of carboxylic acid groups (broad SMARTS) is 1. The highest BCUT2D eigenvalue weighted by Crippen LogP contribution is 2.34. The zero-order valence-electron chi connectivity index (χ0n) is 10.0. The lowest BCUT2D eigenvalue weighted by atomic mass is 10.1. The van der Waals surface area contributed by atoms with Crippen molar-refractivity contribution in [1.29, 1.82) is 0 Å². The van der Waals surface area contributed by atoms with Gasteiger partial charge in [-0.1, -0.05) is 12.1 Å². The van der Waals surface area contributed by atoms with Gasteiger partial charge in [0.15, 0.2) is 0 Å². The summed E-state index contributed by atoms with van der Waals surface area (Å²) in [5.74, 6) is -1.90. The van der Waals surface area contributed by atoms with Crippen molar-refractivity contribution in [2.24, 2.45) is 5.92 Å². The Balaban J connectivity index is 2.20. The van der Waals surface area contributed by atoms with Crippen molar-refractivity contribution in [2.45, 2.75) is 30.2 Å². The Labute approximate surface area is 110 Å². The summed E-state index contributed by atoms with van der Waals surface area (Å²) in [6, 6.07) is 4.34. The molecule has 0 bridgehead atoms. The molecule has 1 unspecified atom stereocenters. The van der Waals surface area contributed by atoms with E-state index in [1.807, 2.05) is 0 Å². The fraction of sp³-hybridized carbons (Fsp3) is 0.417. The van der Waals surface area contributed by atoms with E-state index in [4.69, 9.17) is 5.11 Å². The Morgan fingerprint density at radius 1 is 1.42 bits per heavy atom. The van der Waals surface area contributed by atoms with Gasteiger partial charge >= 0.3 is 5.97 Å². The van der Waals surface area contributed by atoms with E-state index >= 15 is 0 Å². The van der Waals surface area contributed by atoms with Gasteiger partial charge in [0, 0.05) is 6.04 Å². The van der Waals surface area contributed by atoms with E-state index < -0.39 is 32.7 Å². The van der Waals surface area contributed by atoms with Gasteiger partial charge in [0.05, 0.1) is 6.42 Å². The van der Waals surface area contributed by atoms with Gasteiger partial charge in [0.25, 0.3) is 0 Å². The smallest absolute Gasteiger partial charge is 0.304 e. The number of rotatable bonds is 6. The van der Waals surface area contributed by atoms with Crippen LogP contribution >= 0.6 is 0 Å². The van der Waals surface area contributed by atoms with Gasteiger partial charge < -0.3 is 5.11 Å².